The lowest BCUT2D eigenvalue weighted by molar-refractivity contribution is 1.12. The van der Waals surface area contributed by atoms with Crippen molar-refractivity contribution in [3.8, 4) is 0 Å². The van der Waals surface area contributed by atoms with Gasteiger partial charge in [0.1, 0.15) is 0 Å². The largest absolute Gasteiger partial charge is 0.278 e. The number of hydrogen-bond donors (Lipinski definition) is 1. The number of rotatable bonds is 0. The summed E-state index contributed by atoms with van der Waals surface area (Å²) >= 11 is 9.50. The molecule has 2 nitrogen and oxygen atoms in total. The Balaban J connectivity index is 2.94. The quantitative estimate of drug-likeness (QED) is 0.758. The molecule has 4 heteroatoms. The Kier molecular flexibility index (Phi) is 1.85. The van der Waals surface area contributed by atoms with E-state index in [1.54, 1.807) is 6.20 Å². The van der Waals surface area contributed by atoms with E-state index in [4.69, 9.17) is 11.6 Å². The molecule has 0 saturated carbocycles. The summed E-state index contributed by atoms with van der Waals surface area (Å²) in [6.45, 7) is 1.97. The van der Waals surface area contributed by atoms with E-state index in [-0.39, 0.29) is 0 Å². The minimum atomic E-state index is 0.758. The molecule has 0 radical (unpaired) electrons. The van der Waals surface area contributed by atoms with Crippen molar-refractivity contribution in [3.05, 3.63) is 27.3 Å². The molecule has 0 aliphatic heterocycles. The summed E-state index contributed by atoms with van der Waals surface area (Å²) in [5.41, 5.74) is 2.00. The average Bonchev–Trinajstić information content (AvgIpc) is 2.48. The molecule has 0 unspecified atom stereocenters. The average molecular weight is 246 g/mol. The van der Waals surface area contributed by atoms with Crippen molar-refractivity contribution in [2.24, 2.45) is 0 Å². The van der Waals surface area contributed by atoms with Crippen LogP contribution in [0.5, 0.6) is 0 Å². The summed E-state index contributed by atoms with van der Waals surface area (Å²) in [4.78, 5) is 0. The minimum absolute atomic E-state index is 0.758. The number of aromatic amines is 1. The topological polar surface area (TPSA) is 28.7 Å². The lowest BCUT2D eigenvalue weighted by Crippen LogP contribution is -1.79. The zero-order chi connectivity index (χ0) is 8.72. The van der Waals surface area contributed by atoms with Gasteiger partial charge < -0.3 is 0 Å². The fourth-order valence-corrected chi connectivity index (χ4v) is 1.92. The number of aromatic nitrogens is 2. The summed E-state index contributed by atoms with van der Waals surface area (Å²) in [6, 6.07) is 1.98. The van der Waals surface area contributed by atoms with E-state index >= 15 is 0 Å². The lowest BCUT2D eigenvalue weighted by Gasteiger charge is -2.01. The Labute approximate surface area is 83.0 Å². The smallest absolute Gasteiger partial charge is 0.0676 e. The number of nitrogens with zero attached hydrogens (tertiary/aromatic N) is 1. The molecule has 2 rings (SSSR count). The second-order valence-corrected chi connectivity index (χ2v) is 3.86. The van der Waals surface area contributed by atoms with Gasteiger partial charge in [-0.3, -0.25) is 5.10 Å². The number of hydrogen-bond acceptors (Lipinski definition) is 1. The van der Waals surface area contributed by atoms with Crippen molar-refractivity contribution in [1.82, 2.24) is 10.2 Å². The summed E-state index contributed by atoms with van der Waals surface area (Å²) < 4.78 is 1.00. The number of fused-ring (bicyclic) bond motifs is 1. The molecule has 1 heterocycles. The second kappa shape index (κ2) is 2.75. The maximum Gasteiger partial charge on any atom is 0.0676 e. The third-order valence-electron chi connectivity index (χ3n) is 1.86. The summed E-state index contributed by atoms with van der Waals surface area (Å²) in [5.74, 6) is 0. The van der Waals surface area contributed by atoms with Gasteiger partial charge in [-0.05, 0) is 18.6 Å². The molecule has 62 valence electrons. The van der Waals surface area contributed by atoms with Crippen LogP contribution in [0.15, 0.2) is 16.7 Å². The minimum Gasteiger partial charge on any atom is -0.278 e. The van der Waals surface area contributed by atoms with Crippen molar-refractivity contribution >= 4 is 38.4 Å². The number of H-pyrrole nitrogens is 1. The molecule has 0 bridgehead atoms. The molecule has 0 amide bonds. The Morgan fingerprint density at radius 2 is 2.33 bits per heavy atom. The normalized spacial score (nSPS) is 10.9. The van der Waals surface area contributed by atoms with Crippen LogP contribution in [0.1, 0.15) is 5.56 Å². The maximum absolute atomic E-state index is 6.08. The lowest BCUT2D eigenvalue weighted by atomic mass is 10.2. The molecule has 1 aromatic heterocycles. The fraction of sp³-hybridized carbons (Fsp3) is 0.125. The Morgan fingerprint density at radius 3 is 3.08 bits per heavy atom. The second-order valence-electron chi connectivity index (χ2n) is 2.63. The number of nitrogens with one attached hydrogen (secondary N) is 1. The third kappa shape index (κ3) is 1.04. The first-order chi connectivity index (χ1) is 5.70. The first-order valence-corrected chi connectivity index (χ1v) is 4.65. The van der Waals surface area contributed by atoms with E-state index in [2.05, 4.69) is 26.1 Å². The van der Waals surface area contributed by atoms with Gasteiger partial charge in [0.15, 0.2) is 0 Å². The van der Waals surface area contributed by atoms with E-state index in [9.17, 15) is 0 Å². The first-order valence-electron chi connectivity index (χ1n) is 3.48. The van der Waals surface area contributed by atoms with Gasteiger partial charge in [-0.1, -0.05) is 27.5 Å². The van der Waals surface area contributed by atoms with Crippen LogP contribution in [0, 0.1) is 6.92 Å². The predicted molar refractivity (Wildman–Crippen MR) is 53.5 cm³/mol. The van der Waals surface area contributed by atoms with Crippen LogP contribution < -0.4 is 0 Å². The van der Waals surface area contributed by atoms with Gasteiger partial charge in [-0.2, -0.15) is 5.10 Å². The highest BCUT2D eigenvalue weighted by molar-refractivity contribution is 9.10. The van der Waals surface area contributed by atoms with Crippen molar-refractivity contribution in [2.45, 2.75) is 6.92 Å². The van der Waals surface area contributed by atoms with Crippen LogP contribution in [0.3, 0.4) is 0 Å². The van der Waals surface area contributed by atoms with E-state index in [0.717, 1.165) is 26.0 Å². The van der Waals surface area contributed by atoms with Crippen LogP contribution in [-0.4, -0.2) is 10.2 Å². The molecule has 1 N–H and O–H groups in total. The molecule has 0 aliphatic carbocycles. The summed E-state index contributed by atoms with van der Waals surface area (Å²) in [7, 11) is 0. The molecule has 0 fully saturated rings. The number of halogens is 2. The van der Waals surface area contributed by atoms with E-state index in [1.165, 1.54) is 0 Å². The monoisotopic (exact) mass is 244 g/mol. The van der Waals surface area contributed by atoms with Gasteiger partial charge >= 0.3 is 0 Å². The van der Waals surface area contributed by atoms with E-state index < -0.39 is 0 Å². The van der Waals surface area contributed by atoms with Gasteiger partial charge in [-0.25, -0.2) is 0 Å². The van der Waals surface area contributed by atoms with Crippen molar-refractivity contribution in [2.75, 3.05) is 0 Å². The van der Waals surface area contributed by atoms with Gasteiger partial charge in [0, 0.05) is 9.86 Å². The third-order valence-corrected chi connectivity index (χ3v) is 3.17. The zero-order valence-electron chi connectivity index (χ0n) is 6.36. The van der Waals surface area contributed by atoms with Crippen molar-refractivity contribution < 1.29 is 0 Å². The Bertz CT molecular complexity index is 436. The van der Waals surface area contributed by atoms with Crippen LogP contribution >= 0.6 is 27.5 Å². The van der Waals surface area contributed by atoms with Crippen molar-refractivity contribution in [3.63, 3.8) is 0 Å². The highest BCUT2D eigenvalue weighted by Crippen LogP contribution is 2.31. The highest BCUT2D eigenvalue weighted by Gasteiger charge is 2.07. The van der Waals surface area contributed by atoms with Crippen LogP contribution in [0.4, 0.5) is 0 Å². The van der Waals surface area contributed by atoms with E-state index in [0.29, 0.717) is 0 Å². The van der Waals surface area contributed by atoms with Crippen LogP contribution in [0.25, 0.3) is 10.9 Å². The molecular weight excluding hydrogens is 239 g/mol. The van der Waals surface area contributed by atoms with E-state index in [1.807, 2.05) is 13.0 Å². The molecule has 0 atom stereocenters. The SMILES string of the molecule is Cc1c(Br)cc2[nH]ncc2c1Cl. The number of benzene rings is 1. The molecule has 2 aromatic rings. The summed E-state index contributed by atoms with van der Waals surface area (Å²) in [6.07, 6.45) is 1.73. The molecule has 0 aliphatic rings. The summed E-state index contributed by atoms with van der Waals surface area (Å²) in [5, 5.41) is 8.51. The molecule has 0 spiro atoms. The van der Waals surface area contributed by atoms with Crippen LogP contribution in [0.2, 0.25) is 5.02 Å². The Morgan fingerprint density at radius 1 is 1.58 bits per heavy atom. The molecule has 0 saturated heterocycles. The van der Waals surface area contributed by atoms with Gasteiger partial charge in [0.25, 0.3) is 0 Å². The molecular formula is C8H6BrClN2. The molecule has 1 aromatic carbocycles. The Hall–Kier alpha value is -0.540. The fourth-order valence-electron chi connectivity index (χ4n) is 1.12. The van der Waals surface area contributed by atoms with Gasteiger partial charge in [0.05, 0.1) is 16.7 Å². The van der Waals surface area contributed by atoms with Crippen LogP contribution in [-0.2, 0) is 0 Å². The van der Waals surface area contributed by atoms with Gasteiger partial charge in [-0.15, -0.1) is 0 Å². The van der Waals surface area contributed by atoms with Gasteiger partial charge in [0.2, 0.25) is 0 Å². The predicted octanol–water partition coefficient (Wildman–Crippen LogP) is 3.29. The standard InChI is InChI=1S/C8H6BrClN2/c1-4-6(9)2-7-5(8(4)10)3-11-12-7/h2-3H,1H3,(H,11,12). The zero-order valence-corrected chi connectivity index (χ0v) is 8.70. The maximum atomic E-state index is 6.08. The first kappa shape index (κ1) is 8.08. The highest BCUT2D eigenvalue weighted by atomic mass is 79.9. The van der Waals surface area contributed by atoms with Crippen molar-refractivity contribution in [1.29, 1.82) is 0 Å². The molecule has 12 heavy (non-hydrogen) atoms.